The smallest absolute Gasteiger partial charge is 0.139 e. The molecule has 3 rings (SSSR count). The van der Waals surface area contributed by atoms with Crippen molar-refractivity contribution in [2.45, 2.75) is 56.3 Å². The van der Waals surface area contributed by atoms with E-state index in [1.807, 2.05) is 5.40 Å². The fourth-order valence-corrected chi connectivity index (χ4v) is 4.93. The highest BCUT2D eigenvalue weighted by molar-refractivity contribution is 8.04. The maximum atomic E-state index is 14.1. The summed E-state index contributed by atoms with van der Waals surface area (Å²) in [5.41, 5.74) is 2.96. The van der Waals surface area contributed by atoms with Crippen molar-refractivity contribution in [2.75, 3.05) is 0 Å². The normalized spacial score (nSPS) is 18.8. The summed E-state index contributed by atoms with van der Waals surface area (Å²) in [5.74, 6) is 7.35. The minimum atomic E-state index is -0.405. The molecular weight excluding hydrogens is 384 g/mol. The van der Waals surface area contributed by atoms with E-state index in [1.54, 1.807) is 6.07 Å². The zero-order valence-corrected chi connectivity index (χ0v) is 18.1. The molecule has 0 bridgehead atoms. The average molecular weight is 410 g/mol. The fourth-order valence-electron chi connectivity index (χ4n) is 4.02. The summed E-state index contributed by atoms with van der Waals surface area (Å²) in [4.78, 5) is 0.344. The van der Waals surface area contributed by atoms with E-state index in [9.17, 15) is 4.39 Å². The molecule has 1 atom stereocenters. The average Bonchev–Trinajstić information content (AvgIpc) is 2.70. The van der Waals surface area contributed by atoms with Crippen molar-refractivity contribution in [1.29, 1.82) is 5.26 Å². The minimum absolute atomic E-state index is 0.344. The number of nitrogens with zero attached hydrogens (tertiary/aromatic N) is 1. The number of halogens is 1. The van der Waals surface area contributed by atoms with Gasteiger partial charge in [0.25, 0.3) is 0 Å². The van der Waals surface area contributed by atoms with Gasteiger partial charge in [-0.15, -0.1) is 9.24 Å². The van der Waals surface area contributed by atoms with Crippen LogP contribution in [0.3, 0.4) is 0 Å². The minimum Gasteiger partial charge on any atom is -0.206 e. The lowest BCUT2D eigenvalue weighted by Gasteiger charge is -2.28. The molecule has 28 heavy (non-hydrogen) atoms. The Labute approximate surface area is 174 Å². The number of hydrogen-bond donors (Lipinski definition) is 0. The second kappa shape index (κ2) is 10.1. The van der Waals surface area contributed by atoms with E-state index in [2.05, 4.69) is 52.3 Å². The molecule has 2 aromatic rings. The molecule has 1 fully saturated rings. The lowest BCUT2D eigenvalue weighted by Crippen LogP contribution is -2.13. The van der Waals surface area contributed by atoms with Crippen LogP contribution in [0.15, 0.2) is 41.3 Å². The third kappa shape index (κ3) is 5.38. The van der Waals surface area contributed by atoms with Gasteiger partial charge in [0.1, 0.15) is 11.2 Å². The zero-order chi connectivity index (χ0) is 19.9. The van der Waals surface area contributed by atoms with Gasteiger partial charge in [-0.3, -0.25) is 0 Å². The van der Waals surface area contributed by atoms with Crippen molar-refractivity contribution < 1.29 is 4.39 Å². The lowest BCUT2D eigenvalue weighted by molar-refractivity contribution is 0.308. The molecule has 1 nitrogen and oxygen atoms in total. The Morgan fingerprint density at radius 3 is 2.36 bits per heavy atom. The van der Waals surface area contributed by atoms with Crippen LogP contribution < -0.4 is 5.30 Å². The number of benzene rings is 2. The Balaban J connectivity index is 1.67. The Kier molecular flexibility index (Phi) is 7.56. The van der Waals surface area contributed by atoms with E-state index in [-0.39, 0.29) is 0 Å². The quantitative estimate of drug-likeness (QED) is 0.253. The summed E-state index contributed by atoms with van der Waals surface area (Å²) < 4.78 is 14.1. The number of hydrogen-bond acceptors (Lipinski definition) is 2. The Hall–Kier alpha value is -1.80. The fraction of sp³-hybridized carbons (Fsp3) is 0.375. The molecular formula is C24H25FNPS. The van der Waals surface area contributed by atoms with Gasteiger partial charge in [-0.05, 0) is 84.4 Å². The molecule has 0 aliphatic heterocycles. The van der Waals surface area contributed by atoms with Crippen LogP contribution in [0.4, 0.5) is 4.39 Å². The molecule has 0 saturated heterocycles. The molecule has 0 aromatic heterocycles. The number of thioether (sulfide) groups is 1. The first kappa shape index (κ1) is 20.9. The monoisotopic (exact) mass is 409 g/mol. The van der Waals surface area contributed by atoms with Crippen LogP contribution in [0.25, 0.3) is 0 Å². The van der Waals surface area contributed by atoms with Crippen LogP contribution in [-0.4, -0.2) is 0 Å². The largest absolute Gasteiger partial charge is 0.206 e. The van der Waals surface area contributed by atoms with Crippen molar-refractivity contribution in [3.8, 4) is 17.2 Å². The molecule has 0 amide bonds. The summed E-state index contributed by atoms with van der Waals surface area (Å²) in [5, 5.41) is 11.3. The van der Waals surface area contributed by atoms with Crippen LogP contribution in [0.1, 0.15) is 68.1 Å². The third-order valence-electron chi connectivity index (χ3n) is 5.50. The van der Waals surface area contributed by atoms with Crippen molar-refractivity contribution in [2.24, 2.45) is 5.92 Å². The zero-order valence-electron chi connectivity index (χ0n) is 16.2. The van der Waals surface area contributed by atoms with Crippen molar-refractivity contribution in [1.82, 2.24) is 0 Å². The van der Waals surface area contributed by atoms with Crippen molar-refractivity contribution >= 4 is 26.3 Å². The summed E-state index contributed by atoms with van der Waals surface area (Å²) in [6.45, 7) is 2.28. The van der Waals surface area contributed by atoms with Crippen molar-refractivity contribution in [3.05, 3.63) is 58.9 Å². The Morgan fingerprint density at radius 1 is 1.07 bits per heavy atom. The van der Waals surface area contributed by atoms with Crippen LogP contribution in [0.5, 0.6) is 0 Å². The van der Waals surface area contributed by atoms with Gasteiger partial charge < -0.3 is 0 Å². The first-order valence-corrected chi connectivity index (χ1v) is 11.3. The standard InChI is InChI=1S/C24H25FNPS/c1-2-3-17-6-10-20(11-7-17)21-12-8-18(9-13-21)4-5-19-14-22(25)24(28-16-26)23(27)15-19/h8-9,12-15,17,20H,2-3,6-7,10-11,27H2,1H3. The van der Waals surface area contributed by atoms with Gasteiger partial charge in [-0.25, -0.2) is 4.39 Å². The predicted molar refractivity (Wildman–Crippen MR) is 119 cm³/mol. The predicted octanol–water partition coefficient (Wildman–Crippen LogP) is 6.37. The molecule has 1 unspecified atom stereocenters. The van der Waals surface area contributed by atoms with E-state index >= 15 is 0 Å². The van der Waals surface area contributed by atoms with E-state index in [0.717, 1.165) is 23.2 Å². The molecule has 1 aliphatic rings. The highest BCUT2D eigenvalue weighted by Gasteiger charge is 2.21. The maximum Gasteiger partial charge on any atom is 0.139 e. The number of thiocyanates is 1. The Morgan fingerprint density at radius 2 is 1.75 bits per heavy atom. The molecule has 2 aromatic carbocycles. The third-order valence-corrected chi connectivity index (χ3v) is 6.89. The summed E-state index contributed by atoms with van der Waals surface area (Å²) >= 11 is 0.831. The van der Waals surface area contributed by atoms with E-state index in [4.69, 9.17) is 5.26 Å². The summed E-state index contributed by atoms with van der Waals surface area (Å²) in [6.07, 6.45) is 7.95. The highest BCUT2D eigenvalue weighted by Crippen LogP contribution is 2.37. The van der Waals surface area contributed by atoms with Gasteiger partial charge in [-0.2, -0.15) is 5.26 Å². The van der Waals surface area contributed by atoms with Crippen LogP contribution in [0.2, 0.25) is 0 Å². The first-order valence-electron chi connectivity index (χ1n) is 9.87. The molecule has 0 radical (unpaired) electrons. The van der Waals surface area contributed by atoms with Crippen molar-refractivity contribution in [3.63, 3.8) is 0 Å². The van der Waals surface area contributed by atoms with Crippen LogP contribution >= 0.6 is 21.0 Å². The van der Waals surface area contributed by atoms with E-state index in [1.165, 1.54) is 50.2 Å². The topological polar surface area (TPSA) is 23.8 Å². The second-order valence-electron chi connectivity index (χ2n) is 7.45. The second-order valence-corrected chi connectivity index (χ2v) is 8.87. The van der Waals surface area contributed by atoms with Gasteiger partial charge in [0, 0.05) is 11.1 Å². The van der Waals surface area contributed by atoms with Gasteiger partial charge in [0.15, 0.2) is 0 Å². The van der Waals surface area contributed by atoms with Gasteiger partial charge in [0.2, 0.25) is 0 Å². The highest BCUT2D eigenvalue weighted by atomic mass is 32.2. The number of nitriles is 1. The van der Waals surface area contributed by atoms with Crippen LogP contribution in [0, 0.1) is 34.2 Å². The van der Waals surface area contributed by atoms with Gasteiger partial charge in [-0.1, -0.05) is 43.7 Å². The summed E-state index contributed by atoms with van der Waals surface area (Å²) in [6, 6.07) is 11.7. The molecule has 0 N–H and O–H groups in total. The van der Waals surface area contributed by atoms with E-state index < -0.39 is 5.82 Å². The van der Waals surface area contributed by atoms with E-state index in [0.29, 0.717) is 21.7 Å². The number of rotatable bonds is 4. The molecule has 0 heterocycles. The van der Waals surface area contributed by atoms with Crippen LogP contribution in [-0.2, 0) is 0 Å². The van der Waals surface area contributed by atoms with Gasteiger partial charge in [0.05, 0.1) is 4.90 Å². The molecule has 4 heteroatoms. The molecule has 0 spiro atoms. The van der Waals surface area contributed by atoms with Gasteiger partial charge >= 0.3 is 0 Å². The lowest BCUT2D eigenvalue weighted by atomic mass is 9.77. The summed E-state index contributed by atoms with van der Waals surface area (Å²) in [7, 11) is 2.47. The molecule has 1 saturated carbocycles. The first-order chi connectivity index (χ1) is 13.6. The maximum absolute atomic E-state index is 14.1. The molecule has 144 valence electrons. The molecule has 1 aliphatic carbocycles. The Bertz CT molecular complexity index is 889. The SMILES string of the molecule is CCCC1CCC(c2ccc(C#Cc3cc(F)c(SC#N)c(P)c3)cc2)CC1.